The Morgan fingerprint density at radius 2 is 1.85 bits per heavy atom. The first-order valence-electron chi connectivity index (χ1n) is 7.84. The van der Waals surface area contributed by atoms with Gasteiger partial charge in [0.2, 0.25) is 0 Å². The fraction of sp³-hybridized carbons (Fsp3) is 0.150. The third-order valence-electron chi connectivity index (χ3n) is 3.63. The molecule has 0 radical (unpaired) electrons. The summed E-state index contributed by atoms with van der Waals surface area (Å²) in [6.45, 7) is 0. The van der Waals surface area contributed by atoms with Gasteiger partial charge in [-0.3, -0.25) is 4.79 Å². The van der Waals surface area contributed by atoms with Crippen molar-refractivity contribution in [3.8, 4) is 17.2 Å². The molecule has 1 atom stereocenters. The van der Waals surface area contributed by atoms with Crippen LogP contribution in [0.25, 0.3) is 6.08 Å². The van der Waals surface area contributed by atoms with Gasteiger partial charge in [0.05, 0.1) is 13.2 Å². The maximum absolute atomic E-state index is 12.0. The lowest BCUT2D eigenvalue weighted by molar-refractivity contribution is -0.116. The molecular weight excluding hydrogens is 336 g/mol. The molecule has 4 N–H and O–H groups in total. The molecule has 0 aliphatic rings. The maximum Gasteiger partial charge on any atom is 0.162 e. The molecule has 26 heavy (non-hydrogen) atoms. The number of aliphatic hydroxyl groups is 2. The summed E-state index contributed by atoms with van der Waals surface area (Å²) in [4.78, 5) is 12.0. The predicted octanol–water partition coefficient (Wildman–Crippen LogP) is 3.25. The van der Waals surface area contributed by atoms with E-state index in [-0.39, 0.29) is 29.4 Å². The molecule has 0 heterocycles. The number of methoxy groups -OCH3 is 1. The highest BCUT2D eigenvalue weighted by molar-refractivity contribution is 5.91. The highest BCUT2D eigenvalue weighted by Gasteiger charge is 2.14. The molecule has 0 aromatic heterocycles. The third kappa shape index (κ3) is 5.39. The maximum atomic E-state index is 12.0. The number of allylic oxidation sites excluding steroid dienone is 2. The number of hydrogen-bond acceptors (Lipinski definition) is 6. The molecule has 0 unspecified atom stereocenters. The number of carbonyl (C=O) groups excluding carboxylic acids is 1. The Morgan fingerprint density at radius 3 is 2.50 bits per heavy atom. The summed E-state index contributed by atoms with van der Waals surface area (Å²) in [5, 5.41) is 38.7. The zero-order valence-electron chi connectivity index (χ0n) is 14.2. The van der Waals surface area contributed by atoms with Crippen molar-refractivity contribution in [2.75, 3.05) is 7.11 Å². The van der Waals surface area contributed by atoms with E-state index in [0.29, 0.717) is 5.56 Å². The summed E-state index contributed by atoms with van der Waals surface area (Å²) in [7, 11) is 1.39. The number of ketones is 1. The minimum atomic E-state index is -1.10. The van der Waals surface area contributed by atoms with E-state index in [0.717, 1.165) is 11.6 Å². The van der Waals surface area contributed by atoms with Crippen LogP contribution in [0.15, 0.2) is 60.4 Å². The summed E-state index contributed by atoms with van der Waals surface area (Å²) in [6, 6.07) is 10.6. The van der Waals surface area contributed by atoms with Gasteiger partial charge >= 0.3 is 0 Å². The number of carbonyl (C=O) groups is 1. The summed E-state index contributed by atoms with van der Waals surface area (Å²) in [5.74, 6) is -0.441. The first kappa shape index (κ1) is 19.1. The Balaban J connectivity index is 1.99. The molecule has 2 aromatic carbocycles. The molecule has 6 nitrogen and oxygen atoms in total. The SMILES string of the molecule is COc1cc([C@@H](O)CC(=O)C=C(O)C=Cc2ccc(O)cc2)ccc1O. The number of hydrogen-bond donors (Lipinski definition) is 4. The van der Waals surface area contributed by atoms with E-state index in [2.05, 4.69) is 0 Å². The number of ether oxygens (including phenoxy) is 1. The third-order valence-corrected chi connectivity index (χ3v) is 3.63. The van der Waals surface area contributed by atoms with Crippen molar-refractivity contribution >= 4 is 11.9 Å². The second-order valence-electron chi connectivity index (χ2n) is 5.61. The second-order valence-corrected chi connectivity index (χ2v) is 5.61. The summed E-state index contributed by atoms with van der Waals surface area (Å²) < 4.78 is 4.96. The minimum absolute atomic E-state index is 0.0633. The molecule has 2 aromatic rings. The van der Waals surface area contributed by atoms with Gasteiger partial charge < -0.3 is 25.2 Å². The zero-order valence-corrected chi connectivity index (χ0v) is 14.2. The highest BCUT2D eigenvalue weighted by Crippen LogP contribution is 2.30. The van der Waals surface area contributed by atoms with Crippen molar-refractivity contribution in [1.29, 1.82) is 0 Å². The lowest BCUT2D eigenvalue weighted by Gasteiger charge is -2.11. The van der Waals surface area contributed by atoms with Gasteiger partial charge in [-0.25, -0.2) is 0 Å². The number of benzene rings is 2. The summed E-state index contributed by atoms with van der Waals surface area (Å²) in [6.07, 6.45) is 2.63. The van der Waals surface area contributed by atoms with Gasteiger partial charge in [0.25, 0.3) is 0 Å². The molecule has 0 aliphatic carbocycles. The first-order valence-corrected chi connectivity index (χ1v) is 7.84. The van der Waals surface area contributed by atoms with Crippen molar-refractivity contribution in [2.24, 2.45) is 0 Å². The lowest BCUT2D eigenvalue weighted by atomic mass is 10.0. The van der Waals surface area contributed by atoms with E-state index < -0.39 is 11.9 Å². The fourth-order valence-corrected chi connectivity index (χ4v) is 2.25. The van der Waals surface area contributed by atoms with E-state index in [4.69, 9.17) is 4.74 Å². The van der Waals surface area contributed by atoms with E-state index in [1.807, 2.05) is 0 Å². The van der Waals surface area contributed by atoms with Crippen LogP contribution in [-0.4, -0.2) is 33.3 Å². The largest absolute Gasteiger partial charge is 0.508 e. The lowest BCUT2D eigenvalue weighted by Crippen LogP contribution is -2.05. The smallest absolute Gasteiger partial charge is 0.162 e. The average Bonchev–Trinajstić information content (AvgIpc) is 2.61. The van der Waals surface area contributed by atoms with E-state index in [9.17, 15) is 25.2 Å². The Hall–Kier alpha value is -3.25. The van der Waals surface area contributed by atoms with Gasteiger partial charge in [-0.05, 0) is 41.5 Å². The molecule has 0 saturated carbocycles. The monoisotopic (exact) mass is 356 g/mol. The molecule has 0 saturated heterocycles. The van der Waals surface area contributed by atoms with E-state index >= 15 is 0 Å². The number of rotatable bonds is 7. The van der Waals surface area contributed by atoms with Crippen molar-refractivity contribution in [1.82, 2.24) is 0 Å². The van der Waals surface area contributed by atoms with Crippen molar-refractivity contribution in [3.05, 3.63) is 71.5 Å². The quantitative estimate of drug-likeness (QED) is 0.345. The predicted molar refractivity (Wildman–Crippen MR) is 97.1 cm³/mol. The molecular formula is C20H20O6. The van der Waals surface area contributed by atoms with Crippen molar-refractivity contribution in [2.45, 2.75) is 12.5 Å². The topological polar surface area (TPSA) is 107 Å². The van der Waals surface area contributed by atoms with Crippen LogP contribution in [0.5, 0.6) is 17.2 Å². The van der Waals surface area contributed by atoms with Crippen LogP contribution in [0, 0.1) is 0 Å². The van der Waals surface area contributed by atoms with Gasteiger partial charge in [-0.1, -0.05) is 24.3 Å². The summed E-state index contributed by atoms with van der Waals surface area (Å²) >= 11 is 0. The number of aliphatic hydroxyl groups excluding tert-OH is 2. The molecule has 136 valence electrons. The van der Waals surface area contributed by atoms with Gasteiger partial charge in [-0.2, -0.15) is 0 Å². The Kier molecular flexibility index (Phi) is 6.41. The molecule has 2 rings (SSSR count). The van der Waals surface area contributed by atoms with E-state index in [1.54, 1.807) is 18.2 Å². The standard InChI is InChI=1S/C20H20O6/c1-26-20-10-14(5-9-18(20)24)19(25)12-17(23)11-16(22)8-4-13-2-6-15(21)7-3-13/h2-11,19,21-22,24-25H,12H2,1H3/t19-/m0/s1. The number of phenolic OH excluding ortho intramolecular Hbond substituents is 2. The highest BCUT2D eigenvalue weighted by atomic mass is 16.5. The molecule has 0 aliphatic heterocycles. The molecule has 0 bridgehead atoms. The number of aromatic hydroxyl groups is 2. The van der Waals surface area contributed by atoms with Crippen molar-refractivity contribution in [3.63, 3.8) is 0 Å². The second kappa shape index (κ2) is 8.73. The average molecular weight is 356 g/mol. The van der Waals surface area contributed by atoms with Gasteiger partial charge in [0.1, 0.15) is 11.5 Å². The van der Waals surface area contributed by atoms with Crippen LogP contribution in [-0.2, 0) is 4.79 Å². The first-order chi connectivity index (χ1) is 12.4. The Labute approximate surface area is 150 Å². The van der Waals surface area contributed by atoms with Gasteiger partial charge in [-0.15, -0.1) is 0 Å². The number of phenols is 2. The molecule has 0 spiro atoms. The molecule has 6 heteroatoms. The van der Waals surface area contributed by atoms with Crippen LogP contribution in [0.2, 0.25) is 0 Å². The van der Waals surface area contributed by atoms with Crippen LogP contribution in [0.3, 0.4) is 0 Å². The van der Waals surface area contributed by atoms with Gasteiger partial charge in [0, 0.05) is 12.5 Å². The summed E-state index contributed by atoms with van der Waals surface area (Å²) in [5.41, 5.74) is 1.16. The van der Waals surface area contributed by atoms with Gasteiger partial charge in [0.15, 0.2) is 17.3 Å². The zero-order chi connectivity index (χ0) is 19.1. The van der Waals surface area contributed by atoms with Crippen LogP contribution in [0.4, 0.5) is 0 Å². The van der Waals surface area contributed by atoms with E-state index in [1.165, 1.54) is 43.5 Å². The van der Waals surface area contributed by atoms with Crippen LogP contribution < -0.4 is 4.74 Å². The molecule has 0 amide bonds. The van der Waals surface area contributed by atoms with Crippen molar-refractivity contribution < 1.29 is 30.0 Å². The van der Waals surface area contributed by atoms with Crippen LogP contribution >= 0.6 is 0 Å². The Bertz CT molecular complexity index is 821. The van der Waals surface area contributed by atoms with Crippen LogP contribution in [0.1, 0.15) is 23.7 Å². The fourth-order valence-electron chi connectivity index (χ4n) is 2.25. The normalized spacial score (nSPS) is 12.9. The Morgan fingerprint density at radius 1 is 1.15 bits per heavy atom. The minimum Gasteiger partial charge on any atom is -0.508 e. The molecule has 0 fully saturated rings.